The molecule has 0 N–H and O–H groups in total. The topological polar surface area (TPSA) is 105 Å². The van der Waals surface area contributed by atoms with E-state index < -0.39 is 0 Å². The highest BCUT2D eigenvalue weighted by molar-refractivity contribution is 5.88. The molecule has 4 aromatic rings. The molecular formula is C18H20N10. The van der Waals surface area contributed by atoms with Crippen LogP contribution in [-0.4, -0.2) is 49.6 Å². The van der Waals surface area contributed by atoms with Gasteiger partial charge < -0.3 is 0 Å². The Morgan fingerprint density at radius 3 is 2.71 bits per heavy atom. The van der Waals surface area contributed by atoms with Gasteiger partial charge in [0.25, 0.3) is 0 Å². The molecule has 2 atom stereocenters. The molecule has 2 unspecified atom stereocenters. The lowest BCUT2D eigenvalue weighted by Gasteiger charge is -2.60. The van der Waals surface area contributed by atoms with Crippen molar-refractivity contribution in [2.24, 2.45) is 18.9 Å². The standard InChI is InChI=1S/C18H20N10/c1-26-14-13(7-21-26)15-23-16(24-27(15)10-19-14)17-3-11-2-12(4-17)6-18(5-11,8-17)28-22-9-20-25-28/h7,9-12H,2-6,8H2,1H3. The van der Waals surface area contributed by atoms with Gasteiger partial charge in [-0.1, -0.05) is 0 Å². The number of aryl methyl sites for hydroxylation is 1. The number of fused-ring (bicyclic) bond motifs is 3. The van der Waals surface area contributed by atoms with Gasteiger partial charge in [0.2, 0.25) is 0 Å². The first-order chi connectivity index (χ1) is 13.6. The van der Waals surface area contributed by atoms with Crippen LogP contribution < -0.4 is 0 Å². The van der Waals surface area contributed by atoms with Gasteiger partial charge in [-0.3, -0.25) is 4.68 Å². The maximum Gasteiger partial charge on any atom is 0.170 e. The van der Waals surface area contributed by atoms with E-state index in [4.69, 9.17) is 10.1 Å². The molecule has 4 bridgehead atoms. The Labute approximate surface area is 160 Å². The van der Waals surface area contributed by atoms with E-state index in [0.29, 0.717) is 11.8 Å². The Kier molecular flexibility index (Phi) is 2.55. The molecule has 4 fully saturated rings. The molecule has 0 spiro atoms. The van der Waals surface area contributed by atoms with Crippen LogP contribution in [0.1, 0.15) is 44.3 Å². The van der Waals surface area contributed by atoms with Gasteiger partial charge in [-0.15, -0.1) is 15.3 Å². The fourth-order valence-corrected chi connectivity index (χ4v) is 6.76. The largest absolute Gasteiger partial charge is 0.250 e. The summed E-state index contributed by atoms with van der Waals surface area (Å²) in [6.45, 7) is 0. The van der Waals surface area contributed by atoms with Gasteiger partial charge >= 0.3 is 0 Å². The van der Waals surface area contributed by atoms with E-state index in [1.165, 1.54) is 6.42 Å². The second kappa shape index (κ2) is 4.73. The zero-order valence-corrected chi connectivity index (χ0v) is 15.6. The average molecular weight is 376 g/mol. The van der Waals surface area contributed by atoms with E-state index in [0.717, 1.165) is 54.6 Å². The van der Waals surface area contributed by atoms with Crippen LogP contribution in [0.3, 0.4) is 0 Å². The highest BCUT2D eigenvalue weighted by atomic mass is 15.6. The Morgan fingerprint density at radius 2 is 1.93 bits per heavy atom. The Balaban J connectivity index is 1.41. The molecule has 142 valence electrons. The van der Waals surface area contributed by atoms with Gasteiger partial charge in [0, 0.05) is 12.5 Å². The normalized spacial score (nSPS) is 34.0. The molecule has 8 rings (SSSR count). The number of rotatable bonds is 2. The summed E-state index contributed by atoms with van der Waals surface area (Å²) in [6, 6.07) is 0. The van der Waals surface area contributed by atoms with Crippen molar-refractivity contribution in [3.8, 4) is 0 Å². The summed E-state index contributed by atoms with van der Waals surface area (Å²) >= 11 is 0. The van der Waals surface area contributed by atoms with Crippen molar-refractivity contribution in [2.45, 2.75) is 49.5 Å². The maximum atomic E-state index is 5.05. The second-order valence-corrected chi connectivity index (χ2v) is 9.14. The molecule has 4 heterocycles. The Morgan fingerprint density at radius 1 is 1.07 bits per heavy atom. The molecule has 0 aliphatic heterocycles. The molecule has 28 heavy (non-hydrogen) atoms. The van der Waals surface area contributed by atoms with E-state index in [1.54, 1.807) is 17.3 Å². The Bertz CT molecular complexity index is 1200. The van der Waals surface area contributed by atoms with Crippen LogP contribution in [0.4, 0.5) is 0 Å². The Hall–Kier alpha value is -2.91. The molecular weight excluding hydrogens is 356 g/mol. The van der Waals surface area contributed by atoms with Crippen molar-refractivity contribution < 1.29 is 0 Å². The van der Waals surface area contributed by atoms with Crippen LogP contribution in [0, 0.1) is 11.8 Å². The van der Waals surface area contributed by atoms with E-state index in [1.807, 2.05) is 22.6 Å². The predicted octanol–water partition coefficient (Wildman–Crippen LogP) is 1.24. The molecule has 0 saturated heterocycles. The van der Waals surface area contributed by atoms with Gasteiger partial charge in [-0.05, 0) is 55.6 Å². The summed E-state index contributed by atoms with van der Waals surface area (Å²) in [5, 5.41) is 22.9. The lowest BCUT2D eigenvalue weighted by Crippen LogP contribution is -2.59. The number of nitrogens with zero attached hydrogens (tertiary/aromatic N) is 10. The van der Waals surface area contributed by atoms with Crippen molar-refractivity contribution in [3.05, 3.63) is 24.7 Å². The van der Waals surface area contributed by atoms with Crippen molar-refractivity contribution in [2.75, 3.05) is 0 Å². The third-order valence-electron chi connectivity index (χ3n) is 7.35. The zero-order chi connectivity index (χ0) is 18.5. The third kappa shape index (κ3) is 1.76. The molecule has 4 aliphatic rings. The molecule has 0 radical (unpaired) electrons. The second-order valence-electron chi connectivity index (χ2n) is 9.14. The van der Waals surface area contributed by atoms with Gasteiger partial charge in [0.15, 0.2) is 23.4 Å². The molecule has 4 aliphatic carbocycles. The first-order valence-electron chi connectivity index (χ1n) is 9.91. The number of hydrogen-bond donors (Lipinski definition) is 0. The van der Waals surface area contributed by atoms with Gasteiger partial charge in [-0.25, -0.2) is 14.5 Å². The number of tetrazole rings is 1. The number of aromatic nitrogens is 10. The van der Waals surface area contributed by atoms with Gasteiger partial charge in [0.1, 0.15) is 6.33 Å². The first-order valence-corrected chi connectivity index (χ1v) is 9.91. The summed E-state index contributed by atoms with van der Waals surface area (Å²) in [6.07, 6.45) is 12.0. The summed E-state index contributed by atoms with van der Waals surface area (Å²) in [5.74, 6) is 2.30. The van der Waals surface area contributed by atoms with E-state index in [2.05, 4.69) is 25.5 Å². The van der Waals surface area contributed by atoms with Gasteiger partial charge in [0.05, 0.1) is 17.1 Å². The maximum absolute atomic E-state index is 5.05. The minimum atomic E-state index is -0.0417. The van der Waals surface area contributed by atoms with Gasteiger partial charge in [-0.2, -0.15) is 9.90 Å². The van der Waals surface area contributed by atoms with Crippen molar-refractivity contribution >= 4 is 16.7 Å². The predicted molar refractivity (Wildman–Crippen MR) is 97.2 cm³/mol. The summed E-state index contributed by atoms with van der Waals surface area (Å²) in [4.78, 5) is 11.4. The highest BCUT2D eigenvalue weighted by Gasteiger charge is 2.61. The minimum Gasteiger partial charge on any atom is -0.250 e. The first kappa shape index (κ1) is 15.1. The van der Waals surface area contributed by atoms with Crippen LogP contribution >= 0.6 is 0 Å². The average Bonchev–Trinajstić information content (AvgIpc) is 3.40. The fourth-order valence-electron chi connectivity index (χ4n) is 6.76. The highest BCUT2D eigenvalue weighted by Crippen LogP contribution is 2.63. The zero-order valence-electron chi connectivity index (χ0n) is 15.6. The van der Waals surface area contributed by atoms with Crippen molar-refractivity contribution in [1.29, 1.82) is 0 Å². The monoisotopic (exact) mass is 376 g/mol. The van der Waals surface area contributed by atoms with Crippen LogP contribution in [-0.2, 0) is 18.0 Å². The SMILES string of the molecule is Cn1ncc2c1ncn1nc(C34CC5CC(C3)CC(n3ncnn3)(C5)C4)nc21. The molecule has 0 amide bonds. The summed E-state index contributed by atoms with van der Waals surface area (Å²) in [5.41, 5.74) is 1.62. The molecule has 10 heteroatoms. The minimum absolute atomic E-state index is 0.0156. The molecule has 4 aromatic heterocycles. The summed E-state index contributed by atoms with van der Waals surface area (Å²) in [7, 11) is 1.90. The van der Waals surface area contributed by atoms with Crippen molar-refractivity contribution in [1.82, 2.24) is 49.6 Å². The van der Waals surface area contributed by atoms with Crippen LogP contribution in [0.15, 0.2) is 18.9 Å². The quantitative estimate of drug-likeness (QED) is 0.518. The molecule has 10 nitrogen and oxygen atoms in total. The summed E-state index contributed by atoms with van der Waals surface area (Å²) < 4.78 is 3.60. The van der Waals surface area contributed by atoms with Crippen LogP contribution in [0.5, 0.6) is 0 Å². The van der Waals surface area contributed by atoms with E-state index >= 15 is 0 Å². The third-order valence-corrected chi connectivity index (χ3v) is 7.35. The molecule has 4 saturated carbocycles. The van der Waals surface area contributed by atoms with Crippen LogP contribution in [0.2, 0.25) is 0 Å². The van der Waals surface area contributed by atoms with Crippen LogP contribution in [0.25, 0.3) is 16.7 Å². The fraction of sp³-hybridized carbons (Fsp3) is 0.611. The smallest absolute Gasteiger partial charge is 0.170 e. The number of hydrogen-bond acceptors (Lipinski definition) is 7. The lowest BCUT2D eigenvalue weighted by atomic mass is 9.46. The van der Waals surface area contributed by atoms with E-state index in [-0.39, 0.29) is 11.0 Å². The van der Waals surface area contributed by atoms with E-state index in [9.17, 15) is 0 Å². The molecule has 0 aromatic carbocycles. The lowest BCUT2D eigenvalue weighted by molar-refractivity contribution is -0.0785. The van der Waals surface area contributed by atoms with Crippen molar-refractivity contribution in [3.63, 3.8) is 0 Å².